The van der Waals surface area contributed by atoms with E-state index in [9.17, 15) is 8.42 Å². The Bertz CT molecular complexity index is 648. The number of rotatable bonds is 4. The third-order valence-corrected chi connectivity index (χ3v) is 7.81. The standard InChI is InChI=1S/C10H11BrN2O2S3/c1-7-9(17-6-12-7)5-13(2)18(14,15)10-8(11)3-4-16-10/h3-4,6H,5H2,1-2H3. The normalized spacial score (nSPS) is 12.2. The number of aromatic nitrogens is 1. The van der Waals surface area contributed by atoms with E-state index < -0.39 is 10.0 Å². The Morgan fingerprint density at radius 3 is 2.67 bits per heavy atom. The lowest BCUT2D eigenvalue weighted by atomic mass is 10.4. The minimum atomic E-state index is -3.44. The van der Waals surface area contributed by atoms with Gasteiger partial charge < -0.3 is 0 Å². The number of aryl methyl sites for hydroxylation is 1. The lowest BCUT2D eigenvalue weighted by molar-refractivity contribution is 0.470. The summed E-state index contributed by atoms with van der Waals surface area (Å²) in [5, 5.41) is 1.75. The second kappa shape index (κ2) is 5.38. The Balaban J connectivity index is 2.27. The largest absolute Gasteiger partial charge is 0.253 e. The molecule has 2 aromatic heterocycles. The van der Waals surface area contributed by atoms with E-state index in [1.54, 1.807) is 24.0 Å². The van der Waals surface area contributed by atoms with Gasteiger partial charge in [0.1, 0.15) is 4.21 Å². The maximum absolute atomic E-state index is 12.3. The fraction of sp³-hybridized carbons (Fsp3) is 0.300. The molecule has 0 aliphatic carbocycles. The predicted octanol–water partition coefficient (Wildman–Crippen LogP) is 3.10. The monoisotopic (exact) mass is 366 g/mol. The molecule has 4 nitrogen and oxygen atoms in total. The topological polar surface area (TPSA) is 50.3 Å². The fourth-order valence-corrected chi connectivity index (χ4v) is 5.92. The van der Waals surface area contributed by atoms with Crippen LogP contribution < -0.4 is 0 Å². The molecule has 0 aliphatic heterocycles. The minimum absolute atomic E-state index is 0.340. The Hall–Kier alpha value is -0.280. The third-order valence-electron chi connectivity index (χ3n) is 2.44. The van der Waals surface area contributed by atoms with Gasteiger partial charge in [-0.2, -0.15) is 4.31 Å². The van der Waals surface area contributed by atoms with Gasteiger partial charge in [-0.15, -0.1) is 22.7 Å². The van der Waals surface area contributed by atoms with Crippen LogP contribution in [0.2, 0.25) is 0 Å². The molecule has 0 amide bonds. The smallest absolute Gasteiger partial charge is 0.250 e. The van der Waals surface area contributed by atoms with Crippen molar-refractivity contribution < 1.29 is 8.42 Å². The number of nitrogens with zero attached hydrogens (tertiary/aromatic N) is 2. The first-order valence-corrected chi connectivity index (χ1v) is 9.00. The SMILES string of the molecule is Cc1ncsc1CN(C)S(=O)(=O)c1sccc1Br. The summed E-state index contributed by atoms with van der Waals surface area (Å²) < 4.78 is 27.0. The lowest BCUT2D eigenvalue weighted by Crippen LogP contribution is -2.26. The summed E-state index contributed by atoms with van der Waals surface area (Å²) >= 11 is 5.94. The van der Waals surface area contributed by atoms with Crippen LogP contribution in [-0.2, 0) is 16.6 Å². The molecular weight excluding hydrogens is 356 g/mol. The summed E-state index contributed by atoms with van der Waals surface area (Å²) in [5.74, 6) is 0. The van der Waals surface area contributed by atoms with Gasteiger partial charge in [-0.3, -0.25) is 0 Å². The molecule has 0 saturated heterocycles. The van der Waals surface area contributed by atoms with E-state index >= 15 is 0 Å². The quantitative estimate of drug-likeness (QED) is 0.835. The number of thiophene rings is 1. The first-order chi connectivity index (χ1) is 8.43. The summed E-state index contributed by atoms with van der Waals surface area (Å²) in [7, 11) is -1.85. The number of thiazole rings is 1. The van der Waals surface area contributed by atoms with Gasteiger partial charge >= 0.3 is 0 Å². The average Bonchev–Trinajstić information content (AvgIpc) is 2.88. The second-order valence-electron chi connectivity index (χ2n) is 3.68. The first kappa shape index (κ1) is 14.1. The summed E-state index contributed by atoms with van der Waals surface area (Å²) in [5.41, 5.74) is 2.61. The molecule has 98 valence electrons. The molecule has 0 saturated carbocycles. The van der Waals surface area contributed by atoms with E-state index in [-0.39, 0.29) is 0 Å². The highest BCUT2D eigenvalue weighted by Gasteiger charge is 2.25. The van der Waals surface area contributed by atoms with Crippen LogP contribution in [0.5, 0.6) is 0 Å². The highest BCUT2D eigenvalue weighted by atomic mass is 79.9. The molecule has 0 fully saturated rings. The zero-order valence-electron chi connectivity index (χ0n) is 9.75. The van der Waals surface area contributed by atoms with E-state index in [4.69, 9.17) is 0 Å². The van der Waals surface area contributed by atoms with Crippen molar-refractivity contribution in [3.8, 4) is 0 Å². The maximum Gasteiger partial charge on any atom is 0.253 e. The van der Waals surface area contributed by atoms with Crippen molar-refractivity contribution in [3.05, 3.63) is 32.0 Å². The summed E-state index contributed by atoms with van der Waals surface area (Å²) in [6, 6.07) is 1.74. The average molecular weight is 367 g/mol. The van der Waals surface area contributed by atoms with Gasteiger partial charge in [-0.1, -0.05) is 0 Å². The molecule has 0 bridgehead atoms. The number of halogens is 1. The molecule has 0 radical (unpaired) electrons. The zero-order valence-corrected chi connectivity index (χ0v) is 13.8. The van der Waals surface area contributed by atoms with Gasteiger partial charge in [0.15, 0.2) is 0 Å². The summed E-state index contributed by atoms with van der Waals surface area (Å²) in [6.45, 7) is 2.23. The van der Waals surface area contributed by atoms with E-state index in [2.05, 4.69) is 20.9 Å². The van der Waals surface area contributed by atoms with Crippen molar-refractivity contribution in [1.82, 2.24) is 9.29 Å². The number of hydrogen-bond acceptors (Lipinski definition) is 5. The van der Waals surface area contributed by atoms with Crippen molar-refractivity contribution in [1.29, 1.82) is 0 Å². The van der Waals surface area contributed by atoms with Gasteiger partial charge in [0.2, 0.25) is 0 Å². The molecule has 0 N–H and O–H groups in total. The van der Waals surface area contributed by atoms with E-state index in [1.807, 2.05) is 6.92 Å². The Kier molecular flexibility index (Phi) is 4.22. The fourth-order valence-electron chi connectivity index (χ4n) is 1.37. The zero-order chi connectivity index (χ0) is 13.3. The van der Waals surface area contributed by atoms with Crippen molar-refractivity contribution >= 4 is 48.6 Å². The van der Waals surface area contributed by atoms with E-state index in [1.165, 1.54) is 27.0 Å². The van der Waals surface area contributed by atoms with Crippen molar-refractivity contribution in [2.75, 3.05) is 7.05 Å². The van der Waals surface area contributed by atoms with E-state index in [0.29, 0.717) is 15.2 Å². The lowest BCUT2D eigenvalue weighted by Gasteiger charge is -2.15. The molecule has 2 aromatic rings. The molecule has 18 heavy (non-hydrogen) atoms. The summed E-state index contributed by atoms with van der Waals surface area (Å²) in [4.78, 5) is 5.09. The van der Waals surface area contributed by atoms with Gasteiger partial charge in [0.05, 0.1) is 11.2 Å². The molecule has 0 unspecified atom stereocenters. The number of hydrogen-bond donors (Lipinski definition) is 0. The second-order valence-corrected chi connectivity index (χ2v) is 8.63. The Morgan fingerprint density at radius 1 is 1.44 bits per heavy atom. The number of sulfonamides is 1. The van der Waals surface area contributed by atoms with Crippen LogP contribution in [0.3, 0.4) is 0 Å². The third kappa shape index (κ3) is 2.67. The van der Waals surface area contributed by atoms with Crippen molar-refractivity contribution in [3.63, 3.8) is 0 Å². The molecule has 0 aromatic carbocycles. The van der Waals surface area contributed by atoms with Crippen LogP contribution in [0.15, 0.2) is 25.6 Å². The molecule has 0 aliphatic rings. The van der Waals surface area contributed by atoms with Crippen LogP contribution in [-0.4, -0.2) is 24.8 Å². The Labute approximate surface area is 122 Å². The van der Waals surface area contributed by atoms with Crippen LogP contribution >= 0.6 is 38.6 Å². The van der Waals surface area contributed by atoms with E-state index in [0.717, 1.165) is 10.6 Å². The van der Waals surface area contributed by atoms with Crippen LogP contribution in [0.4, 0.5) is 0 Å². The van der Waals surface area contributed by atoms with Crippen LogP contribution in [0.1, 0.15) is 10.6 Å². The highest BCUT2D eigenvalue weighted by Crippen LogP contribution is 2.30. The van der Waals surface area contributed by atoms with Gasteiger partial charge in [-0.05, 0) is 34.3 Å². The summed E-state index contributed by atoms with van der Waals surface area (Å²) in [6.07, 6.45) is 0. The molecule has 0 atom stereocenters. The van der Waals surface area contributed by atoms with Crippen LogP contribution in [0, 0.1) is 6.92 Å². The first-order valence-electron chi connectivity index (χ1n) is 5.01. The predicted molar refractivity (Wildman–Crippen MR) is 77.5 cm³/mol. The van der Waals surface area contributed by atoms with Crippen LogP contribution in [0.25, 0.3) is 0 Å². The molecule has 0 spiro atoms. The molecular formula is C10H11BrN2O2S3. The molecule has 2 rings (SSSR count). The molecule has 2 heterocycles. The maximum atomic E-state index is 12.3. The van der Waals surface area contributed by atoms with Gasteiger partial charge in [-0.25, -0.2) is 13.4 Å². The van der Waals surface area contributed by atoms with Gasteiger partial charge in [0, 0.05) is 22.9 Å². The van der Waals surface area contributed by atoms with Crippen molar-refractivity contribution in [2.24, 2.45) is 0 Å². The van der Waals surface area contributed by atoms with Crippen molar-refractivity contribution in [2.45, 2.75) is 17.7 Å². The minimum Gasteiger partial charge on any atom is -0.250 e. The Morgan fingerprint density at radius 2 is 2.17 bits per heavy atom. The van der Waals surface area contributed by atoms with Gasteiger partial charge in [0.25, 0.3) is 10.0 Å². The highest BCUT2D eigenvalue weighted by molar-refractivity contribution is 9.10. The molecule has 8 heteroatoms.